The molecule has 0 saturated heterocycles. The van der Waals surface area contributed by atoms with Crippen molar-refractivity contribution in [2.24, 2.45) is 0 Å². The number of methoxy groups -OCH3 is 1. The van der Waals surface area contributed by atoms with Crippen LogP contribution in [0.2, 0.25) is 0 Å². The van der Waals surface area contributed by atoms with Gasteiger partial charge in [-0.05, 0) is 53.9 Å². The molecule has 0 radical (unpaired) electrons. The van der Waals surface area contributed by atoms with Crippen LogP contribution in [0.5, 0.6) is 5.75 Å². The number of hydrogen-bond acceptors (Lipinski definition) is 6. The smallest absolute Gasteiger partial charge is 0.234 e. The number of para-hydroxylation sites is 1. The topological polar surface area (TPSA) is 75.0 Å². The number of carbonyl (C=O) groups is 1. The number of nitrogens with one attached hydrogen (secondary N) is 1. The molecule has 0 unspecified atom stereocenters. The standard InChI is InChI=1S/C25H18FN3O2S2/c1-31-17-10-8-16(9-11-17)22-13-18(23-7-4-12-32-23)19(14-27)25(29-22)33-15-24(30)28-21-6-3-2-5-20(21)26/h2-13H,15H2,1H3,(H,28,30). The van der Waals surface area contributed by atoms with Gasteiger partial charge in [-0.1, -0.05) is 30.0 Å². The number of hydrogen-bond donors (Lipinski definition) is 1. The molecule has 1 amide bonds. The van der Waals surface area contributed by atoms with Crippen LogP contribution >= 0.6 is 23.1 Å². The van der Waals surface area contributed by atoms with Crippen LogP contribution in [0.1, 0.15) is 5.56 Å². The highest BCUT2D eigenvalue weighted by atomic mass is 32.2. The van der Waals surface area contributed by atoms with Crippen molar-refractivity contribution in [2.45, 2.75) is 5.03 Å². The summed E-state index contributed by atoms with van der Waals surface area (Å²) in [5.74, 6) is -0.187. The number of benzene rings is 2. The summed E-state index contributed by atoms with van der Waals surface area (Å²) in [5.41, 5.74) is 2.80. The van der Waals surface area contributed by atoms with Crippen LogP contribution in [0, 0.1) is 17.1 Å². The average Bonchev–Trinajstić information content (AvgIpc) is 3.38. The third-order valence-electron chi connectivity index (χ3n) is 4.76. The van der Waals surface area contributed by atoms with Crippen molar-refractivity contribution >= 4 is 34.7 Å². The first-order chi connectivity index (χ1) is 16.1. The number of thioether (sulfide) groups is 1. The molecule has 0 aliphatic rings. The number of amides is 1. The second kappa shape index (κ2) is 10.3. The fraction of sp³-hybridized carbons (Fsp3) is 0.0800. The number of thiophene rings is 1. The molecule has 5 nitrogen and oxygen atoms in total. The molecular weight excluding hydrogens is 457 g/mol. The van der Waals surface area contributed by atoms with E-state index in [9.17, 15) is 14.4 Å². The summed E-state index contributed by atoms with van der Waals surface area (Å²) in [7, 11) is 1.60. The molecule has 0 aliphatic heterocycles. The Hall–Kier alpha value is -3.67. The van der Waals surface area contributed by atoms with Gasteiger partial charge in [-0.2, -0.15) is 5.26 Å². The summed E-state index contributed by atoms with van der Waals surface area (Å²) in [6.45, 7) is 0. The molecule has 4 aromatic rings. The van der Waals surface area contributed by atoms with E-state index in [1.165, 1.54) is 23.5 Å². The summed E-state index contributed by atoms with van der Waals surface area (Å²) < 4.78 is 19.1. The quantitative estimate of drug-likeness (QED) is 0.321. The zero-order valence-corrected chi connectivity index (χ0v) is 19.2. The van der Waals surface area contributed by atoms with Gasteiger partial charge in [0, 0.05) is 16.0 Å². The lowest BCUT2D eigenvalue weighted by Gasteiger charge is -2.12. The van der Waals surface area contributed by atoms with Crippen molar-refractivity contribution in [3.63, 3.8) is 0 Å². The van der Waals surface area contributed by atoms with Gasteiger partial charge in [0.1, 0.15) is 22.7 Å². The summed E-state index contributed by atoms with van der Waals surface area (Å²) in [5, 5.41) is 14.8. The van der Waals surface area contributed by atoms with E-state index in [0.717, 1.165) is 33.5 Å². The molecule has 0 aliphatic carbocycles. The van der Waals surface area contributed by atoms with Gasteiger partial charge < -0.3 is 10.1 Å². The van der Waals surface area contributed by atoms with E-state index >= 15 is 0 Å². The first kappa shape index (κ1) is 22.5. The van der Waals surface area contributed by atoms with Crippen LogP contribution in [0.15, 0.2) is 77.1 Å². The monoisotopic (exact) mass is 475 g/mol. The fourth-order valence-electron chi connectivity index (χ4n) is 3.15. The predicted octanol–water partition coefficient (Wildman–Crippen LogP) is 6.23. The van der Waals surface area contributed by atoms with Crippen molar-refractivity contribution in [1.82, 2.24) is 4.98 Å². The summed E-state index contributed by atoms with van der Waals surface area (Å²) in [4.78, 5) is 18.1. The van der Waals surface area contributed by atoms with Gasteiger partial charge in [0.05, 0.1) is 29.8 Å². The van der Waals surface area contributed by atoms with Gasteiger partial charge in [-0.3, -0.25) is 4.79 Å². The Bertz CT molecular complexity index is 1320. The van der Waals surface area contributed by atoms with Crippen LogP contribution < -0.4 is 10.1 Å². The van der Waals surface area contributed by atoms with Crippen molar-refractivity contribution < 1.29 is 13.9 Å². The maximum Gasteiger partial charge on any atom is 0.234 e. The molecule has 2 aromatic carbocycles. The second-order valence-corrected chi connectivity index (χ2v) is 8.78. The van der Waals surface area contributed by atoms with Gasteiger partial charge >= 0.3 is 0 Å². The number of halogens is 1. The Morgan fingerprint density at radius 1 is 1.18 bits per heavy atom. The maximum atomic E-state index is 13.9. The van der Waals surface area contributed by atoms with Gasteiger partial charge in [0.25, 0.3) is 0 Å². The van der Waals surface area contributed by atoms with Gasteiger partial charge in [0.2, 0.25) is 5.91 Å². The van der Waals surface area contributed by atoms with Crippen LogP contribution in [0.25, 0.3) is 21.7 Å². The maximum absolute atomic E-state index is 13.9. The number of nitrogens with zero attached hydrogens (tertiary/aromatic N) is 2. The molecule has 164 valence electrons. The van der Waals surface area contributed by atoms with Crippen molar-refractivity contribution in [2.75, 3.05) is 18.2 Å². The van der Waals surface area contributed by atoms with E-state index in [2.05, 4.69) is 16.4 Å². The Labute approximate surface area is 198 Å². The highest BCUT2D eigenvalue weighted by Crippen LogP contribution is 2.36. The molecule has 33 heavy (non-hydrogen) atoms. The largest absolute Gasteiger partial charge is 0.497 e. The normalized spacial score (nSPS) is 10.5. The Balaban J connectivity index is 1.67. The van der Waals surface area contributed by atoms with Crippen LogP contribution in [-0.4, -0.2) is 23.8 Å². The molecule has 1 N–H and O–H groups in total. The number of anilines is 1. The SMILES string of the molecule is COc1ccc(-c2cc(-c3cccs3)c(C#N)c(SCC(=O)Nc3ccccc3F)n2)cc1. The molecule has 0 bridgehead atoms. The predicted molar refractivity (Wildman–Crippen MR) is 130 cm³/mol. The molecular formula is C25H18FN3O2S2. The molecule has 2 heterocycles. The zero-order chi connectivity index (χ0) is 23.2. The number of rotatable bonds is 7. The Morgan fingerprint density at radius 2 is 1.97 bits per heavy atom. The lowest BCUT2D eigenvalue weighted by molar-refractivity contribution is -0.113. The van der Waals surface area contributed by atoms with Crippen LogP contribution in [-0.2, 0) is 4.79 Å². The van der Waals surface area contributed by atoms with Crippen molar-refractivity contribution in [3.05, 3.63) is 83.5 Å². The highest BCUT2D eigenvalue weighted by molar-refractivity contribution is 8.00. The molecule has 0 spiro atoms. The second-order valence-electron chi connectivity index (χ2n) is 6.87. The van der Waals surface area contributed by atoms with Gasteiger partial charge in [-0.25, -0.2) is 9.37 Å². The highest BCUT2D eigenvalue weighted by Gasteiger charge is 2.18. The molecule has 8 heteroatoms. The minimum Gasteiger partial charge on any atom is -0.497 e. The van der Waals surface area contributed by atoms with E-state index in [0.29, 0.717) is 16.3 Å². The third kappa shape index (κ3) is 5.22. The average molecular weight is 476 g/mol. The number of ether oxygens (including phenoxy) is 1. The Morgan fingerprint density at radius 3 is 2.64 bits per heavy atom. The first-order valence-corrected chi connectivity index (χ1v) is 11.8. The number of aromatic nitrogens is 1. The van der Waals surface area contributed by atoms with Crippen LogP contribution in [0.3, 0.4) is 0 Å². The van der Waals surface area contributed by atoms with E-state index in [1.807, 2.05) is 47.8 Å². The van der Waals surface area contributed by atoms with E-state index in [-0.39, 0.29) is 17.3 Å². The zero-order valence-electron chi connectivity index (χ0n) is 17.5. The Kier molecular flexibility index (Phi) is 7.03. The van der Waals surface area contributed by atoms with Gasteiger partial charge in [0.15, 0.2) is 0 Å². The molecule has 0 fully saturated rings. The van der Waals surface area contributed by atoms with E-state index < -0.39 is 5.82 Å². The molecule has 0 atom stereocenters. The third-order valence-corrected chi connectivity index (χ3v) is 6.64. The molecule has 4 rings (SSSR count). The number of pyridine rings is 1. The summed E-state index contributed by atoms with van der Waals surface area (Å²) >= 11 is 2.67. The number of nitriles is 1. The lowest BCUT2D eigenvalue weighted by Crippen LogP contribution is -2.15. The van der Waals surface area contributed by atoms with Crippen molar-refractivity contribution in [3.8, 4) is 33.5 Å². The lowest BCUT2D eigenvalue weighted by atomic mass is 10.0. The molecule has 0 saturated carbocycles. The van der Waals surface area contributed by atoms with Crippen LogP contribution in [0.4, 0.5) is 10.1 Å². The first-order valence-electron chi connectivity index (χ1n) is 9.89. The van der Waals surface area contributed by atoms with Crippen molar-refractivity contribution in [1.29, 1.82) is 5.26 Å². The van der Waals surface area contributed by atoms with Gasteiger partial charge in [-0.15, -0.1) is 11.3 Å². The fourth-order valence-corrected chi connectivity index (χ4v) is 4.70. The molecule has 2 aromatic heterocycles. The summed E-state index contributed by atoms with van der Waals surface area (Å²) in [6, 6.07) is 21.4. The minimum absolute atomic E-state index is 0.0219. The van der Waals surface area contributed by atoms with E-state index in [4.69, 9.17) is 4.74 Å². The number of carbonyl (C=O) groups excluding carboxylic acids is 1. The minimum atomic E-state index is -0.506. The van der Waals surface area contributed by atoms with E-state index in [1.54, 1.807) is 19.2 Å². The summed E-state index contributed by atoms with van der Waals surface area (Å²) in [6.07, 6.45) is 0.